The summed E-state index contributed by atoms with van der Waals surface area (Å²) in [4.78, 5) is 0. The Balaban J connectivity index is 2.27. The van der Waals surface area contributed by atoms with Gasteiger partial charge >= 0.3 is 0 Å². The number of hydrogen-bond donors (Lipinski definition) is 0. The normalized spacial score (nSPS) is 12.4. The van der Waals surface area contributed by atoms with Crippen LogP contribution in [0.5, 0.6) is 0 Å². The van der Waals surface area contributed by atoms with Crippen molar-refractivity contribution < 1.29 is 4.43 Å². The van der Waals surface area contributed by atoms with Gasteiger partial charge in [-0.15, -0.1) is 0 Å². The van der Waals surface area contributed by atoms with E-state index in [4.69, 9.17) is 16.0 Å². The highest BCUT2D eigenvalue weighted by Gasteiger charge is 2.20. The van der Waals surface area contributed by atoms with E-state index < -0.39 is 8.32 Å². The highest BCUT2D eigenvalue weighted by atomic mass is 35.5. The minimum absolute atomic E-state index is 0.187. The van der Waals surface area contributed by atoms with E-state index in [0.717, 1.165) is 16.1 Å². The smallest absolute Gasteiger partial charge is 0.185 e. The molecule has 3 heteroatoms. The van der Waals surface area contributed by atoms with Gasteiger partial charge in [0, 0.05) is 10.6 Å². The average Bonchev–Trinajstić information content (AvgIpc) is 2.45. The molecule has 0 heterocycles. The summed E-state index contributed by atoms with van der Waals surface area (Å²) in [6.45, 7) is 6.52. The zero-order chi connectivity index (χ0) is 15.3. The Morgan fingerprint density at radius 2 is 1.57 bits per heavy atom. The molecule has 0 N–H and O–H groups in total. The maximum absolute atomic E-state index is 6.21. The molecule has 2 aromatic carbocycles. The van der Waals surface area contributed by atoms with Crippen LogP contribution < -0.4 is 0 Å². The second-order valence-electron chi connectivity index (χ2n) is 5.80. The van der Waals surface area contributed by atoms with E-state index in [1.807, 2.05) is 42.5 Å². The van der Waals surface area contributed by atoms with Gasteiger partial charge in [0.1, 0.15) is 6.10 Å². The minimum Gasteiger partial charge on any atom is -0.400 e. The van der Waals surface area contributed by atoms with Gasteiger partial charge in [0.15, 0.2) is 8.32 Å². The molecule has 2 rings (SSSR count). The van der Waals surface area contributed by atoms with Gasteiger partial charge in [-0.3, -0.25) is 0 Å². The average molecular weight is 315 g/mol. The summed E-state index contributed by atoms with van der Waals surface area (Å²) < 4.78 is 6.21. The standard InChI is InChI=1S/C18H19ClOSi/c1-21(2,3)20-18(16-7-5-4-6-8-16)14-11-15-9-12-17(19)13-10-15/h4-10,12-13,18H,1-3H3. The molecule has 0 aliphatic heterocycles. The van der Waals surface area contributed by atoms with Crippen LogP contribution in [0.2, 0.25) is 24.7 Å². The molecule has 0 amide bonds. The van der Waals surface area contributed by atoms with E-state index >= 15 is 0 Å². The first-order valence-electron chi connectivity index (χ1n) is 6.94. The Morgan fingerprint density at radius 3 is 2.14 bits per heavy atom. The van der Waals surface area contributed by atoms with Crippen molar-refractivity contribution in [2.75, 3.05) is 0 Å². The molecule has 0 radical (unpaired) electrons. The topological polar surface area (TPSA) is 9.23 Å². The van der Waals surface area contributed by atoms with Gasteiger partial charge in [-0.05, 0) is 49.5 Å². The minimum atomic E-state index is -1.67. The van der Waals surface area contributed by atoms with Crippen LogP contribution in [0, 0.1) is 11.8 Å². The molecule has 1 unspecified atom stereocenters. The van der Waals surface area contributed by atoms with Crippen molar-refractivity contribution in [2.24, 2.45) is 0 Å². The molecule has 0 saturated heterocycles. The first kappa shape index (κ1) is 15.8. The molecule has 0 aliphatic rings. The quantitative estimate of drug-likeness (QED) is 0.553. The van der Waals surface area contributed by atoms with Crippen LogP contribution in [0.1, 0.15) is 17.2 Å². The Hall–Kier alpha value is -1.53. The molecule has 0 saturated carbocycles. The lowest BCUT2D eigenvalue weighted by Gasteiger charge is -2.23. The Kier molecular flexibility index (Phi) is 5.25. The fourth-order valence-corrected chi connectivity index (χ4v) is 2.87. The predicted molar refractivity (Wildman–Crippen MR) is 91.9 cm³/mol. The molecule has 0 aliphatic carbocycles. The fraction of sp³-hybridized carbons (Fsp3) is 0.222. The van der Waals surface area contributed by atoms with E-state index in [1.165, 1.54) is 0 Å². The van der Waals surface area contributed by atoms with Crippen LogP contribution in [0.15, 0.2) is 54.6 Å². The lowest BCUT2D eigenvalue weighted by molar-refractivity contribution is 0.257. The zero-order valence-corrected chi connectivity index (χ0v) is 14.3. The third-order valence-electron chi connectivity index (χ3n) is 2.77. The summed E-state index contributed by atoms with van der Waals surface area (Å²) in [5.41, 5.74) is 2.04. The molecule has 0 fully saturated rings. The van der Waals surface area contributed by atoms with Gasteiger partial charge in [0.2, 0.25) is 0 Å². The van der Waals surface area contributed by atoms with Gasteiger partial charge < -0.3 is 4.43 Å². The monoisotopic (exact) mass is 314 g/mol. The third kappa shape index (κ3) is 5.39. The second-order valence-corrected chi connectivity index (χ2v) is 10.7. The summed E-state index contributed by atoms with van der Waals surface area (Å²) in [6.07, 6.45) is -0.187. The van der Waals surface area contributed by atoms with Gasteiger partial charge in [-0.2, -0.15) is 0 Å². The largest absolute Gasteiger partial charge is 0.400 e. The highest BCUT2D eigenvalue weighted by molar-refractivity contribution is 6.69. The SMILES string of the molecule is C[Si](C)(C)OC(C#Cc1ccc(Cl)cc1)c1ccccc1. The highest BCUT2D eigenvalue weighted by Crippen LogP contribution is 2.21. The zero-order valence-electron chi connectivity index (χ0n) is 12.6. The van der Waals surface area contributed by atoms with Gasteiger partial charge in [-0.25, -0.2) is 0 Å². The van der Waals surface area contributed by atoms with Gasteiger partial charge in [-0.1, -0.05) is 53.8 Å². The third-order valence-corrected chi connectivity index (χ3v) is 3.96. The predicted octanol–water partition coefficient (Wildman–Crippen LogP) is 5.28. The molecule has 0 bridgehead atoms. The Bertz CT molecular complexity index is 633. The van der Waals surface area contributed by atoms with Crippen LogP contribution in [-0.2, 0) is 4.43 Å². The van der Waals surface area contributed by atoms with Crippen molar-refractivity contribution in [1.29, 1.82) is 0 Å². The van der Waals surface area contributed by atoms with E-state index in [2.05, 4.69) is 43.6 Å². The van der Waals surface area contributed by atoms with Crippen molar-refractivity contribution in [2.45, 2.75) is 25.7 Å². The molecule has 2 aromatic rings. The summed E-state index contributed by atoms with van der Waals surface area (Å²) in [5, 5.41) is 0.721. The Morgan fingerprint density at radius 1 is 0.952 bits per heavy atom. The van der Waals surface area contributed by atoms with Crippen LogP contribution in [-0.4, -0.2) is 8.32 Å². The second kappa shape index (κ2) is 6.95. The van der Waals surface area contributed by atoms with Gasteiger partial charge in [0.05, 0.1) is 0 Å². The fourth-order valence-electron chi connectivity index (χ4n) is 1.84. The summed E-state index contributed by atoms with van der Waals surface area (Å²) in [7, 11) is -1.67. The molecular weight excluding hydrogens is 296 g/mol. The van der Waals surface area contributed by atoms with Crippen molar-refractivity contribution in [3.05, 3.63) is 70.7 Å². The van der Waals surface area contributed by atoms with Crippen molar-refractivity contribution in [3.63, 3.8) is 0 Å². The molecule has 1 atom stereocenters. The summed E-state index contributed by atoms with van der Waals surface area (Å²) in [5.74, 6) is 6.43. The lowest BCUT2D eigenvalue weighted by Crippen LogP contribution is -2.27. The lowest BCUT2D eigenvalue weighted by atomic mass is 10.1. The van der Waals surface area contributed by atoms with Crippen LogP contribution in [0.4, 0.5) is 0 Å². The maximum Gasteiger partial charge on any atom is 0.185 e. The first-order chi connectivity index (χ1) is 9.94. The molecule has 21 heavy (non-hydrogen) atoms. The van der Waals surface area contributed by atoms with E-state index in [1.54, 1.807) is 0 Å². The molecule has 1 nitrogen and oxygen atoms in total. The Labute approximate surface area is 133 Å². The number of halogens is 1. The van der Waals surface area contributed by atoms with E-state index in [9.17, 15) is 0 Å². The summed E-state index contributed by atoms with van der Waals surface area (Å²) in [6, 6.07) is 17.7. The molecule has 0 aromatic heterocycles. The van der Waals surface area contributed by atoms with Crippen LogP contribution in [0.25, 0.3) is 0 Å². The number of benzene rings is 2. The van der Waals surface area contributed by atoms with Crippen LogP contribution in [0.3, 0.4) is 0 Å². The molecular formula is C18H19ClOSi. The maximum atomic E-state index is 6.21. The van der Waals surface area contributed by atoms with Crippen LogP contribution >= 0.6 is 11.6 Å². The van der Waals surface area contributed by atoms with Gasteiger partial charge in [0.25, 0.3) is 0 Å². The van der Waals surface area contributed by atoms with E-state index in [0.29, 0.717) is 0 Å². The van der Waals surface area contributed by atoms with Crippen molar-refractivity contribution in [1.82, 2.24) is 0 Å². The number of rotatable bonds is 3. The van der Waals surface area contributed by atoms with Crippen molar-refractivity contribution in [3.8, 4) is 11.8 Å². The number of hydrogen-bond acceptors (Lipinski definition) is 1. The van der Waals surface area contributed by atoms with E-state index in [-0.39, 0.29) is 6.10 Å². The molecule has 0 spiro atoms. The first-order valence-corrected chi connectivity index (χ1v) is 10.7. The summed E-state index contributed by atoms with van der Waals surface area (Å²) >= 11 is 5.89. The van der Waals surface area contributed by atoms with Crippen molar-refractivity contribution >= 4 is 19.9 Å². The molecule has 108 valence electrons.